The number of H-pyrrole nitrogens is 1. The van der Waals surface area contributed by atoms with Gasteiger partial charge in [0, 0.05) is 48.0 Å². The molecule has 1 aliphatic rings. The van der Waals surface area contributed by atoms with Gasteiger partial charge in [-0.05, 0) is 110 Å². The number of nitrogens with one attached hydrogen (secondary N) is 3. The molecule has 0 radical (unpaired) electrons. The normalized spacial score (nSPS) is 14.1. The fourth-order valence-electron chi connectivity index (χ4n) is 6.69. The van der Waals surface area contributed by atoms with Gasteiger partial charge < -0.3 is 49.5 Å². The monoisotopic (exact) mass is 1140 g/mol. The van der Waals surface area contributed by atoms with Gasteiger partial charge in [-0.15, -0.1) is 0 Å². The van der Waals surface area contributed by atoms with Gasteiger partial charge in [-0.2, -0.15) is 0 Å². The van der Waals surface area contributed by atoms with E-state index in [1.165, 1.54) is 11.8 Å². The minimum absolute atomic E-state index is 0.132. The molecule has 23 heteroatoms. The molecule has 0 unspecified atom stereocenters. The first-order chi connectivity index (χ1) is 33.0. The van der Waals surface area contributed by atoms with Gasteiger partial charge in [0.05, 0.1) is 58.7 Å². The molecule has 0 bridgehead atoms. The molecule has 386 valence electrons. The highest BCUT2D eigenvalue weighted by Crippen LogP contribution is 2.28. The Labute approximate surface area is 433 Å². The summed E-state index contributed by atoms with van der Waals surface area (Å²) in [5.41, 5.74) is 4.12. The summed E-state index contributed by atoms with van der Waals surface area (Å²) in [4.78, 5) is 65.7. The van der Waals surface area contributed by atoms with Crippen LogP contribution in [0.3, 0.4) is 0 Å². The minimum atomic E-state index is -1.16. The van der Waals surface area contributed by atoms with E-state index in [1.807, 2.05) is 0 Å². The second-order valence-electron chi connectivity index (χ2n) is 21.2. The quantitative estimate of drug-likeness (QED) is 0.0347. The third kappa shape index (κ3) is 16.4. The Morgan fingerprint density at radius 1 is 0.732 bits per heavy atom. The van der Waals surface area contributed by atoms with E-state index >= 15 is 0 Å². The number of amides is 2. The Bertz CT molecular complexity index is 2860. The molecule has 1 aliphatic carbocycles. The van der Waals surface area contributed by atoms with Gasteiger partial charge in [0.15, 0.2) is 16.9 Å². The molecule has 71 heavy (non-hydrogen) atoms. The van der Waals surface area contributed by atoms with E-state index < -0.39 is 39.4 Å². The summed E-state index contributed by atoms with van der Waals surface area (Å²) >= 11 is 6.52. The molecule has 7 rings (SSSR count). The molecular weight excluding hydrogens is 1070 g/mol. The molecule has 0 aromatic carbocycles. The van der Waals surface area contributed by atoms with Crippen molar-refractivity contribution in [1.82, 2.24) is 54.7 Å². The molecule has 2 amide bonds. The van der Waals surface area contributed by atoms with E-state index in [0.717, 1.165) is 37.0 Å². The number of carboxylic acid groups (broad SMARTS) is 1. The zero-order chi connectivity index (χ0) is 52.6. The van der Waals surface area contributed by atoms with Crippen molar-refractivity contribution in [2.24, 2.45) is 0 Å². The summed E-state index contributed by atoms with van der Waals surface area (Å²) < 4.78 is 16.0. The Morgan fingerprint density at radius 3 is 1.66 bits per heavy atom. The van der Waals surface area contributed by atoms with Crippen molar-refractivity contribution < 1.29 is 39.2 Å². The lowest BCUT2D eigenvalue weighted by atomic mass is 10.0. The predicted octanol–water partition coefficient (Wildman–Crippen LogP) is 9.01. The van der Waals surface area contributed by atoms with Crippen LogP contribution >= 0.6 is 31.9 Å². The summed E-state index contributed by atoms with van der Waals surface area (Å²) in [6.07, 6.45) is 15.1. The number of hydrogen-bond donors (Lipinski definition) is 6. The molecule has 6 aromatic rings. The lowest BCUT2D eigenvalue weighted by Crippen LogP contribution is -2.47. The zero-order valence-electron chi connectivity index (χ0n) is 42.8. The van der Waals surface area contributed by atoms with Gasteiger partial charge in [-0.1, -0.05) is 45.4 Å². The third-order valence-electron chi connectivity index (χ3n) is 11.8. The highest BCUT2D eigenvalue weighted by atomic mass is 79.9. The number of carbonyl (C=O) groups excluding carboxylic acids is 2. The van der Waals surface area contributed by atoms with Crippen molar-refractivity contribution in [3.8, 4) is 0 Å². The van der Waals surface area contributed by atoms with Gasteiger partial charge in [-0.3, -0.25) is 9.59 Å². The van der Waals surface area contributed by atoms with Crippen LogP contribution in [0.25, 0.3) is 39.1 Å². The van der Waals surface area contributed by atoms with Gasteiger partial charge in [0.25, 0.3) is 11.8 Å². The number of rotatable bonds is 18. The van der Waals surface area contributed by atoms with Crippen LogP contribution in [0.4, 0.5) is 0 Å². The highest BCUT2D eigenvalue weighted by Gasteiger charge is 2.28. The van der Waals surface area contributed by atoms with Crippen molar-refractivity contribution in [2.75, 3.05) is 13.2 Å². The number of nitrogens with zero attached hydrogens (tertiary/aromatic N) is 8. The maximum Gasteiger partial charge on any atom is 0.339 e. The summed E-state index contributed by atoms with van der Waals surface area (Å²) in [5.74, 6) is -1.59. The molecule has 6 N–H and O–H groups in total. The van der Waals surface area contributed by atoms with Crippen molar-refractivity contribution in [1.29, 1.82) is 0 Å². The largest absolute Gasteiger partial charge is 0.478 e. The second kappa shape index (κ2) is 23.9. The molecule has 0 aliphatic heterocycles. The standard InChI is InChI=1S/C18H29BrN4O3Si.C17H22N4O2.C13H18BrN3O3Si/c1-12(18(2,3)25)21-17(24)13-10-23(11-26-7-8-27(4,5)6)16-15(13)22-14(19)9-20-16;1-10(17(2,3)23)20-16(22)12-8-18-15-14(12)21-13(9-19-15)11-6-4-5-7-11;1-21(2,3)5-4-20-8-17-7-9(13(18)19)11-12(17)15-6-10(14)16-11/h9-10,12,25H,7-8,11H2,1-6H3,(H,21,24);6,8-10,23H,4-5,7H2,1-3H3,(H,18,19)(H,20,22);6-7H,4-5,8H2,1-3H3,(H,18,19)/t12-;10-;/m00./s1. The van der Waals surface area contributed by atoms with Crippen LogP contribution in [-0.4, -0.2) is 130 Å². The summed E-state index contributed by atoms with van der Waals surface area (Å²) in [5, 5.41) is 34.9. The van der Waals surface area contributed by atoms with E-state index in [0.29, 0.717) is 73.8 Å². The third-order valence-corrected chi connectivity index (χ3v) is 16.0. The maximum atomic E-state index is 12.7. The molecular formula is C48H69Br2N11O8Si2. The lowest BCUT2D eigenvalue weighted by molar-refractivity contribution is 0.0408. The summed E-state index contributed by atoms with van der Waals surface area (Å²) in [7, 11) is -2.29. The van der Waals surface area contributed by atoms with Crippen LogP contribution in [-0.2, 0) is 22.9 Å². The Morgan fingerprint density at radius 2 is 1.21 bits per heavy atom. The summed E-state index contributed by atoms with van der Waals surface area (Å²) in [6, 6.07) is 1.33. The molecule has 6 aromatic heterocycles. The predicted molar refractivity (Wildman–Crippen MR) is 288 cm³/mol. The molecule has 0 spiro atoms. The van der Waals surface area contributed by atoms with Crippen LogP contribution in [0.2, 0.25) is 51.4 Å². The number of carboxylic acids is 1. The molecule has 0 fully saturated rings. The Kier molecular flexibility index (Phi) is 19.2. The van der Waals surface area contributed by atoms with Gasteiger partial charge in [0.1, 0.15) is 44.8 Å². The van der Waals surface area contributed by atoms with E-state index in [1.54, 1.807) is 81.7 Å². The summed E-state index contributed by atoms with van der Waals surface area (Å²) in [6.45, 7) is 25.9. The topological polar surface area (TPSA) is 257 Å². The number of ether oxygens (including phenoxy) is 2. The number of hydrogen-bond acceptors (Lipinski definition) is 13. The fraction of sp³-hybridized carbons (Fsp3) is 0.521. The molecule has 0 saturated carbocycles. The first-order valence-electron chi connectivity index (χ1n) is 23.5. The van der Waals surface area contributed by atoms with Crippen LogP contribution in [0.5, 0.6) is 0 Å². The molecule has 19 nitrogen and oxygen atoms in total. The van der Waals surface area contributed by atoms with Gasteiger partial charge >= 0.3 is 5.97 Å². The Hall–Kier alpha value is -4.76. The number of aliphatic hydroxyl groups is 2. The van der Waals surface area contributed by atoms with E-state index in [2.05, 4.69) is 123 Å². The van der Waals surface area contributed by atoms with Crippen molar-refractivity contribution in [2.45, 2.75) is 149 Å². The first kappa shape index (κ1) is 57.1. The number of aromatic nitrogens is 9. The maximum absolute atomic E-state index is 12.7. The van der Waals surface area contributed by atoms with Crippen LogP contribution in [0.1, 0.15) is 97.6 Å². The number of aromatic carboxylic acids is 1. The van der Waals surface area contributed by atoms with E-state index in [9.17, 15) is 29.7 Å². The molecule has 2 atom stereocenters. The fourth-order valence-corrected chi connectivity index (χ4v) is 8.76. The van der Waals surface area contributed by atoms with Crippen molar-refractivity contribution in [3.63, 3.8) is 0 Å². The molecule has 0 saturated heterocycles. The Balaban J connectivity index is 0.000000200. The smallest absolute Gasteiger partial charge is 0.339 e. The van der Waals surface area contributed by atoms with E-state index in [-0.39, 0.29) is 30.2 Å². The number of halogens is 2. The zero-order valence-corrected chi connectivity index (χ0v) is 47.9. The van der Waals surface area contributed by atoms with Gasteiger partial charge in [-0.25, -0.2) is 34.7 Å². The first-order valence-corrected chi connectivity index (χ1v) is 32.5. The SMILES string of the molecule is C[C@H](NC(=O)c1c[nH]c2ncc(C3=CCCC3)nc12)C(C)(C)O.C[C@H](NC(=O)c1cn(COCC[Si](C)(C)C)c2ncc(Br)nc12)C(C)(C)O.C[Si](C)(C)CCOCn1cc(C(=O)O)c2nc(Br)cnc21. The minimum Gasteiger partial charge on any atom is -0.478 e. The second-order valence-corrected chi connectivity index (χ2v) is 34.1. The van der Waals surface area contributed by atoms with Crippen molar-refractivity contribution in [3.05, 3.63) is 74.8 Å². The number of fused-ring (bicyclic) bond motifs is 3. The number of carbonyl (C=O) groups is 3. The number of allylic oxidation sites excluding steroid dienone is 2. The average molecular weight is 1140 g/mol. The van der Waals surface area contributed by atoms with Crippen LogP contribution in [0, 0.1) is 0 Å². The van der Waals surface area contributed by atoms with E-state index in [4.69, 9.17) is 9.47 Å². The van der Waals surface area contributed by atoms with Crippen LogP contribution in [0.15, 0.2) is 52.5 Å². The van der Waals surface area contributed by atoms with Gasteiger partial charge in [0.2, 0.25) is 0 Å². The lowest BCUT2D eigenvalue weighted by Gasteiger charge is -2.26. The van der Waals surface area contributed by atoms with Crippen LogP contribution < -0.4 is 10.6 Å². The average Bonchev–Trinajstić information content (AvgIpc) is 4.08. The highest BCUT2D eigenvalue weighted by molar-refractivity contribution is 9.10. The molecule has 6 heterocycles. The van der Waals surface area contributed by atoms with Crippen molar-refractivity contribution >= 4 is 105 Å². The number of aromatic amines is 1.